The van der Waals surface area contributed by atoms with Gasteiger partial charge in [0.15, 0.2) is 0 Å². The summed E-state index contributed by atoms with van der Waals surface area (Å²) in [5, 5.41) is 0.662. The van der Waals surface area contributed by atoms with Gasteiger partial charge in [-0.05, 0) is 30.7 Å². The first-order valence-corrected chi connectivity index (χ1v) is 5.69. The minimum Gasteiger partial charge on any atom is -0.345 e. The maximum atomic E-state index is 11.8. The second kappa shape index (κ2) is 6.51. The maximum absolute atomic E-state index is 11.8. The van der Waals surface area contributed by atoms with Crippen molar-refractivity contribution >= 4 is 17.5 Å². The van der Waals surface area contributed by atoms with Crippen molar-refractivity contribution < 1.29 is 4.79 Å². The number of hydrogen-bond acceptors (Lipinski definition) is 2. The standard InChI is InChI=1S/C12H17ClN2O/c1-15(7-3-6-14)12(16)9-10-4-2-5-11(13)8-10/h2,4-5,8H,3,6-7,9,14H2,1H3. The fourth-order valence-corrected chi connectivity index (χ4v) is 1.62. The van der Waals surface area contributed by atoms with Gasteiger partial charge < -0.3 is 10.6 Å². The van der Waals surface area contributed by atoms with Crippen molar-refractivity contribution in [3.63, 3.8) is 0 Å². The van der Waals surface area contributed by atoms with Gasteiger partial charge >= 0.3 is 0 Å². The first-order valence-electron chi connectivity index (χ1n) is 5.32. The Hall–Kier alpha value is -1.06. The number of hydrogen-bond donors (Lipinski definition) is 1. The molecule has 0 unspecified atom stereocenters. The molecule has 3 nitrogen and oxygen atoms in total. The van der Waals surface area contributed by atoms with Gasteiger partial charge in [0.2, 0.25) is 5.91 Å². The number of nitrogens with zero attached hydrogens (tertiary/aromatic N) is 1. The van der Waals surface area contributed by atoms with Crippen LogP contribution in [0.15, 0.2) is 24.3 Å². The van der Waals surface area contributed by atoms with Crippen LogP contribution < -0.4 is 5.73 Å². The first-order chi connectivity index (χ1) is 7.63. The quantitative estimate of drug-likeness (QED) is 0.852. The molecule has 1 aromatic rings. The second-order valence-corrected chi connectivity index (χ2v) is 4.20. The molecule has 0 radical (unpaired) electrons. The molecule has 1 amide bonds. The third-order valence-corrected chi connectivity index (χ3v) is 2.60. The molecule has 16 heavy (non-hydrogen) atoms. The second-order valence-electron chi connectivity index (χ2n) is 3.76. The van der Waals surface area contributed by atoms with E-state index >= 15 is 0 Å². The van der Waals surface area contributed by atoms with Crippen LogP contribution in [0.5, 0.6) is 0 Å². The lowest BCUT2D eigenvalue weighted by Gasteiger charge is -2.16. The van der Waals surface area contributed by atoms with Crippen molar-refractivity contribution in [1.82, 2.24) is 4.90 Å². The van der Waals surface area contributed by atoms with E-state index in [1.165, 1.54) is 0 Å². The third-order valence-electron chi connectivity index (χ3n) is 2.37. The van der Waals surface area contributed by atoms with Crippen molar-refractivity contribution in [3.8, 4) is 0 Å². The van der Waals surface area contributed by atoms with Crippen molar-refractivity contribution in [2.24, 2.45) is 5.73 Å². The number of benzene rings is 1. The van der Waals surface area contributed by atoms with Gasteiger partial charge in [-0.3, -0.25) is 4.79 Å². The summed E-state index contributed by atoms with van der Waals surface area (Å²) < 4.78 is 0. The number of carbonyl (C=O) groups is 1. The fourth-order valence-electron chi connectivity index (χ4n) is 1.41. The van der Waals surface area contributed by atoms with Crippen LogP contribution >= 0.6 is 11.6 Å². The van der Waals surface area contributed by atoms with E-state index in [-0.39, 0.29) is 5.91 Å². The normalized spacial score (nSPS) is 10.2. The highest BCUT2D eigenvalue weighted by Crippen LogP contribution is 2.11. The molecule has 0 aliphatic carbocycles. The van der Waals surface area contributed by atoms with Crippen molar-refractivity contribution in [1.29, 1.82) is 0 Å². The van der Waals surface area contributed by atoms with Gasteiger partial charge in [0.1, 0.15) is 0 Å². The molecule has 0 heterocycles. The monoisotopic (exact) mass is 240 g/mol. The fraction of sp³-hybridized carbons (Fsp3) is 0.417. The minimum absolute atomic E-state index is 0.0933. The topological polar surface area (TPSA) is 46.3 Å². The Kier molecular flexibility index (Phi) is 5.29. The van der Waals surface area contributed by atoms with Gasteiger partial charge in [0, 0.05) is 18.6 Å². The average molecular weight is 241 g/mol. The molecule has 0 atom stereocenters. The predicted molar refractivity (Wildman–Crippen MR) is 66.5 cm³/mol. The summed E-state index contributed by atoms with van der Waals surface area (Å²) in [6.07, 6.45) is 1.22. The maximum Gasteiger partial charge on any atom is 0.226 e. The zero-order valence-corrected chi connectivity index (χ0v) is 10.2. The summed E-state index contributed by atoms with van der Waals surface area (Å²) in [4.78, 5) is 13.5. The van der Waals surface area contributed by atoms with Crippen LogP contribution in [-0.2, 0) is 11.2 Å². The van der Waals surface area contributed by atoms with E-state index < -0.39 is 0 Å². The zero-order valence-electron chi connectivity index (χ0n) is 9.45. The molecule has 0 fully saturated rings. The van der Waals surface area contributed by atoms with E-state index in [4.69, 9.17) is 17.3 Å². The largest absolute Gasteiger partial charge is 0.345 e. The van der Waals surface area contributed by atoms with Crippen LogP contribution in [0.1, 0.15) is 12.0 Å². The predicted octanol–water partition coefficient (Wildman–Crippen LogP) is 1.69. The molecular formula is C12H17ClN2O. The molecule has 0 bridgehead atoms. The molecule has 0 aliphatic rings. The van der Waals surface area contributed by atoms with Crippen LogP contribution in [0.3, 0.4) is 0 Å². The summed E-state index contributed by atoms with van der Waals surface area (Å²) in [5.74, 6) is 0.0933. The van der Waals surface area contributed by atoms with Crippen LogP contribution in [0.25, 0.3) is 0 Å². The highest BCUT2D eigenvalue weighted by molar-refractivity contribution is 6.30. The summed E-state index contributed by atoms with van der Waals surface area (Å²) >= 11 is 5.85. The highest BCUT2D eigenvalue weighted by atomic mass is 35.5. The molecule has 0 aromatic heterocycles. The van der Waals surface area contributed by atoms with Crippen LogP contribution in [0.2, 0.25) is 5.02 Å². The lowest BCUT2D eigenvalue weighted by atomic mass is 10.1. The van der Waals surface area contributed by atoms with Gasteiger partial charge in [0.25, 0.3) is 0 Å². The molecule has 0 aliphatic heterocycles. The summed E-state index contributed by atoms with van der Waals surface area (Å²) in [6, 6.07) is 7.37. The molecule has 0 saturated heterocycles. The number of likely N-dealkylation sites (N-methyl/N-ethyl adjacent to an activating group) is 1. The molecule has 88 valence electrons. The Morgan fingerprint density at radius 2 is 2.25 bits per heavy atom. The molecule has 2 N–H and O–H groups in total. The van der Waals surface area contributed by atoms with E-state index in [0.717, 1.165) is 12.0 Å². The SMILES string of the molecule is CN(CCCN)C(=O)Cc1cccc(Cl)c1. The lowest BCUT2D eigenvalue weighted by molar-refractivity contribution is -0.129. The third kappa shape index (κ3) is 4.21. The van der Waals surface area contributed by atoms with Crippen molar-refractivity contribution in [3.05, 3.63) is 34.9 Å². The first kappa shape index (κ1) is 13.0. The Bertz CT molecular complexity index is 355. The number of rotatable bonds is 5. The van der Waals surface area contributed by atoms with E-state index in [9.17, 15) is 4.79 Å². The van der Waals surface area contributed by atoms with E-state index in [1.807, 2.05) is 18.2 Å². The highest BCUT2D eigenvalue weighted by Gasteiger charge is 2.08. The van der Waals surface area contributed by atoms with Crippen LogP contribution in [0.4, 0.5) is 0 Å². The zero-order chi connectivity index (χ0) is 12.0. The van der Waals surface area contributed by atoms with Gasteiger partial charge in [0.05, 0.1) is 6.42 Å². The van der Waals surface area contributed by atoms with Crippen molar-refractivity contribution in [2.45, 2.75) is 12.8 Å². The molecule has 1 rings (SSSR count). The molecule has 1 aromatic carbocycles. The molecule has 4 heteroatoms. The van der Waals surface area contributed by atoms with Crippen LogP contribution in [0, 0.1) is 0 Å². The molecular weight excluding hydrogens is 224 g/mol. The van der Waals surface area contributed by atoms with Gasteiger partial charge in [-0.2, -0.15) is 0 Å². The Morgan fingerprint density at radius 3 is 2.88 bits per heavy atom. The van der Waals surface area contributed by atoms with E-state index in [0.29, 0.717) is 24.5 Å². The number of nitrogens with two attached hydrogens (primary N) is 1. The van der Waals surface area contributed by atoms with E-state index in [1.54, 1.807) is 18.0 Å². The Morgan fingerprint density at radius 1 is 1.50 bits per heavy atom. The average Bonchev–Trinajstić information content (AvgIpc) is 2.25. The lowest BCUT2D eigenvalue weighted by Crippen LogP contribution is -2.30. The summed E-state index contributed by atoms with van der Waals surface area (Å²) in [5.41, 5.74) is 6.34. The summed E-state index contributed by atoms with van der Waals surface area (Å²) in [7, 11) is 1.79. The van der Waals surface area contributed by atoms with E-state index in [2.05, 4.69) is 0 Å². The molecule has 0 saturated carbocycles. The van der Waals surface area contributed by atoms with Gasteiger partial charge in [-0.15, -0.1) is 0 Å². The molecule has 0 spiro atoms. The smallest absolute Gasteiger partial charge is 0.226 e. The number of carbonyl (C=O) groups excluding carboxylic acids is 1. The minimum atomic E-state index is 0.0933. The summed E-state index contributed by atoms with van der Waals surface area (Å²) in [6.45, 7) is 1.31. The van der Waals surface area contributed by atoms with Gasteiger partial charge in [-0.1, -0.05) is 23.7 Å². The Balaban J connectivity index is 2.50. The van der Waals surface area contributed by atoms with Gasteiger partial charge in [-0.25, -0.2) is 0 Å². The Labute approximate surface area is 101 Å². The number of amides is 1. The van der Waals surface area contributed by atoms with Crippen molar-refractivity contribution in [2.75, 3.05) is 20.1 Å². The van der Waals surface area contributed by atoms with Crippen LogP contribution in [-0.4, -0.2) is 30.9 Å². The number of halogens is 1.